The third kappa shape index (κ3) is 3.15. The molecule has 1 fully saturated rings. The number of hydrogen-bond donors (Lipinski definition) is 1. The molecule has 1 atom stereocenters. The summed E-state index contributed by atoms with van der Waals surface area (Å²) >= 11 is 0. The molecule has 0 unspecified atom stereocenters. The van der Waals surface area contributed by atoms with Gasteiger partial charge in [0.05, 0.1) is 0 Å². The summed E-state index contributed by atoms with van der Waals surface area (Å²) in [5, 5.41) is 3.22. The average molecular weight is 263 g/mol. The van der Waals surface area contributed by atoms with E-state index >= 15 is 0 Å². The summed E-state index contributed by atoms with van der Waals surface area (Å²) in [6.07, 6.45) is 0. The Morgan fingerprint density at radius 1 is 1.18 bits per heavy atom. The molecule has 96 valence electrons. The first kappa shape index (κ1) is 14.4. The quantitative estimate of drug-likeness (QED) is 0.880. The molecule has 0 amide bonds. The van der Waals surface area contributed by atoms with E-state index < -0.39 is 11.6 Å². The SMILES string of the molecule is C[C@@H](c1c(F)cccc1F)N1CCNCC1.Cl. The van der Waals surface area contributed by atoms with Gasteiger partial charge >= 0.3 is 0 Å². The molecule has 1 aromatic rings. The lowest BCUT2D eigenvalue weighted by molar-refractivity contribution is 0.179. The molecule has 1 N–H and O–H groups in total. The molecule has 17 heavy (non-hydrogen) atoms. The first-order valence-corrected chi connectivity index (χ1v) is 5.59. The summed E-state index contributed by atoms with van der Waals surface area (Å²) in [5.74, 6) is -0.905. The second-order valence-electron chi connectivity index (χ2n) is 4.10. The maximum absolute atomic E-state index is 13.6. The Morgan fingerprint density at radius 2 is 1.71 bits per heavy atom. The molecular formula is C12H17ClF2N2. The van der Waals surface area contributed by atoms with Gasteiger partial charge in [-0.15, -0.1) is 12.4 Å². The minimum atomic E-state index is -0.453. The van der Waals surface area contributed by atoms with Crippen LogP contribution in [0.1, 0.15) is 18.5 Å². The van der Waals surface area contributed by atoms with Crippen LogP contribution in [0.4, 0.5) is 8.78 Å². The summed E-state index contributed by atoms with van der Waals surface area (Å²) < 4.78 is 27.1. The standard InChI is InChI=1S/C12H16F2N2.ClH/c1-9(16-7-5-15-6-8-16)12-10(13)3-2-4-11(12)14;/h2-4,9,15H,5-8H2,1H3;1H/t9-;/m0./s1. The summed E-state index contributed by atoms with van der Waals surface area (Å²) in [5.41, 5.74) is 0.185. The van der Waals surface area contributed by atoms with Crippen molar-refractivity contribution in [2.45, 2.75) is 13.0 Å². The van der Waals surface area contributed by atoms with Crippen LogP contribution in [-0.2, 0) is 0 Å². The highest BCUT2D eigenvalue weighted by atomic mass is 35.5. The minimum Gasteiger partial charge on any atom is -0.314 e. The highest BCUT2D eigenvalue weighted by Crippen LogP contribution is 2.25. The van der Waals surface area contributed by atoms with Crippen LogP contribution in [0.5, 0.6) is 0 Å². The number of nitrogens with zero attached hydrogens (tertiary/aromatic N) is 1. The van der Waals surface area contributed by atoms with E-state index in [2.05, 4.69) is 10.2 Å². The largest absolute Gasteiger partial charge is 0.314 e. The molecule has 2 nitrogen and oxygen atoms in total. The smallest absolute Gasteiger partial charge is 0.130 e. The van der Waals surface area contributed by atoms with Gasteiger partial charge in [0.1, 0.15) is 11.6 Å². The summed E-state index contributed by atoms with van der Waals surface area (Å²) in [4.78, 5) is 2.10. The zero-order valence-corrected chi connectivity index (χ0v) is 10.6. The lowest BCUT2D eigenvalue weighted by Gasteiger charge is -2.33. The number of halogens is 3. The van der Waals surface area contributed by atoms with E-state index in [1.165, 1.54) is 18.2 Å². The fourth-order valence-corrected chi connectivity index (χ4v) is 2.16. The molecule has 0 radical (unpaired) electrons. The van der Waals surface area contributed by atoms with Crippen molar-refractivity contribution < 1.29 is 8.78 Å². The Balaban J connectivity index is 0.00000144. The van der Waals surface area contributed by atoms with Crippen LogP contribution >= 0.6 is 12.4 Å². The van der Waals surface area contributed by atoms with Gasteiger partial charge in [-0.2, -0.15) is 0 Å². The van der Waals surface area contributed by atoms with Crippen LogP contribution in [0, 0.1) is 11.6 Å². The number of hydrogen-bond acceptors (Lipinski definition) is 2. The molecule has 1 aliphatic rings. The Morgan fingerprint density at radius 3 is 2.24 bits per heavy atom. The number of nitrogens with one attached hydrogen (secondary N) is 1. The number of rotatable bonds is 2. The van der Waals surface area contributed by atoms with E-state index in [-0.39, 0.29) is 24.0 Å². The molecule has 0 aliphatic carbocycles. The third-order valence-corrected chi connectivity index (χ3v) is 3.12. The Kier molecular flexibility index (Phi) is 5.31. The number of benzene rings is 1. The van der Waals surface area contributed by atoms with Crippen molar-refractivity contribution >= 4 is 12.4 Å². The summed E-state index contributed by atoms with van der Waals surface area (Å²) in [7, 11) is 0. The second kappa shape index (κ2) is 6.28. The molecule has 2 rings (SSSR count). The van der Waals surface area contributed by atoms with Crippen molar-refractivity contribution in [3.8, 4) is 0 Å². The van der Waals surface area contributed by atoms with E-state index in [1.807, 2.05) is 6.92 Å². The van der Waals surface area contributed by atoms with Gasteiger partial charge in [-0.25, -0.2) is 8.78 Å². The summed E-state index contributed by atoms with van der Waals surface area (Å²) in [6, 6.07) is 3.83. The zero-order valence-electron chi connectivity index (χ0n) is 9.75. The lowest BCUT2D eigenvalue weighted by Crippen LogP contribution is -2.44. The highest BCUT2D eigenvalue weighted by Gasteiger charge is 2.23. The van der Waals surface area contributed by atoms with Crippen LogP contribution in [0.25, 0.3) is 0 Å². The van der Waals surface area contributed by atoms with E-state index in [9.17, 15) is 8.78 Å². The monoisotopic (exact) mass is 262 g/mol. The number of piperazine rings is 1. The van der Waals surface area contributed by atoms with Crippen LogP contribution < -0.4 is 5.32 Å². The molecule has 0 aromatic heterocycles. The molecular weight excluding hydrogens is 246 g/mol. The first-order valence-electron chi connectivity index (χ1n) is 5.59. The molecule has 5 heteroatoms. The molecule has 0 saturated carbocycles. The van der Waals surface area contributed by atoms with Crippen LogP contribution in [0.3, 0.4) is 0 Å². The average Bonchev–Trinajstić information content (AvgIpc) is 2.30. The van der Waals surface area contributed by atoms with Crippen molar-refractivity contribution in [2.24, 2.45) is 0 Å². The lowest BCUT2D eigenvalue weighted by atomic mass is 10.0. The van der Waals surface area contributed by atoms with E-state index in [0.29, 0.717) is 0 Å². The fourth-order valence-electron chi connectivity index (χ4n) is 2.16. The maximum atomic E-state index is 13.6. The summed E-state index contributed by atoms with van der Waals surface area (Å²) in [6.45, 7) is 5.26. The molecule has 0 bridgehead atoms. The van der Waals surface area contributed by atoms with Crippen molar-refractivity contribution in [3.05, 3.63) is 35.4 Å². The van der Waals surface area contributed by atoms with Gasteiger partial charge in [0.2, 0.25) is 0 Å². The second-order valence-corrected chi connectivity index (χ2v) is 4.10. The Labute approximate surface area is 106 Å². The van der Waals surface area contributed by atoms with Crippen molar-refractivity contribution in [2.75, 3.05) is 26.2 Å². The van der Waals surface area contributed by atoms with Crippen LogP contribution in [0.15, 0.2) is 18.2 Å². The van der Waals surface area contributed by atoms with Gasteiger partial charge in [0.25, 0.3) is 0 Å². The van der Waals surface area contributed by atoms with E-state index in [4.69, 9.17) is 0 Å². The van der Waals surface area contributed by atoms with Crippen molar-refractivity contribution in [1.29, 1.82) is 0 Å². The predicted octanol–water partition coefficient (Wildman–Crippen LogP) is 2.35. The normalized spacial score (nSPS) is 18.5. The van der Waals surface area contributed by atoms with Gasteiger partial charge in [0.15, 0.2) is 0 Å². The molecule has 1 aromatic carbocycles. The molecule has 1 heterocycles. The van der Waals surface area contributed by atoms with Crippen molar-refractivity contribution in [1.82, 2.24) is 10.2 Å². The Hall–Kier alpha value is -0.710. The maximum Gasteiger partial charge on any atom is 0.130 e. The highest BCUT2D eigenvalue weighted by molar-refractivity contribution is 5.85. The zero-order chi connectivity index (χ0) is 11.5. The van der Waals surface area contributed by atoms with Crippen molar-refractivity contribution in [3.63, 3.8) is 0 Å². The van der Waals surface area contributed by atoms with Crippen LogP contribution in [0.2, 0.25) is 0 Å². The van der Waals surface area contributed by atoms with Gasteiger partial charge in [-0.05, 0) is 19.1 Å². The van der Waals surface area contributed by atoms with E-state index in [1.54, 1.807) is 0 Å². The van der Waals surface area contributed by atoms with E-state index in [0.717, 1.165) is 26.2 Å². The fraction of sp³-hybridized carbons (Fsp3) is 0.500. The topological polar surface area (TPSA) is 15.3 Å². The predicted molar refractivity (Wildman–Crippen MR) is 66.5 cm³/mol. The molecule has 1 aliphatic heterocycles. The third-order valence-electron chi connectivity index (χ3n) is 3.12. The van der Waals surface area contributed by atoms with Gasteiger partial charge in [-0.3, -0.25) is 4.90 Å². The van der Waals surface area contributed by atoms with Crippen LogP contribution in [-0.4, -0.2) is 31.1 Å². The molecule has 0 spiro atoms. The van der Waals surface area contributed by atoms with Gasteiger partial charge in [-0.1, -0.05) is 6.07 Å². The molecule has 1 saturated heterocycles. The van der Waals surface area contributed by atoms with Gasteiger partial charge < -0.3 is 5.32 Å². The minimum absolute atomic E-state index is 0. The van der Waals surface area contributed by atoms with Gasteiger partial charge in [0, 0.05) is 37.8 Å². The first-order chi connectivity index (χ1) is 7.70. The Bertz CT molecular complexity index is 347.